The number of aliphatic imine (C=N–C) groups is 1. The molecule has 13 heteroatoms. The molecule has 11 nitrogen and oxygen atoms in total. The van der Waals surface area contributed by atoms with Gasteiger partial charge < -0.3 is 19.3 Å². The van der Waals surface area contributed by atoms with Crippen molar-refractivity contribution in [2.75, 3.05) is 39.3 Å². The van der Waals surface area contributed by atoms with Crippen molar-refractivity contribution in [2.24, 2.45) is 10.1 Å². The molecular formula is C29H31Cl2N7O4. The van der Waals surface area contributed by atoms with E-state index in [0.29, 0.717) is 53.6 Å². The number of likely N-dealkylation sites (tertiary alicyclic amines) is 1. The number of ether oxygens (including phenoxy) is 2. The van der Waals surface area contributed by atoms with E-state index >= 15 is 0 Å². The van der Waals surface area contributed by atoms with Crippen LogP contribution in [0.3, 0.4) is 0 Å². The number of hydrogen-bond acceptors (Lipinski definition) is 7. The number of halogens is 2. The Morgan fingerprint density at radius 3 is 2.24 bits per heavy atom. The smallest absolute Gasteiger partial charge is 0.410 e. The molecule has 2 fully saturated rings. The van der Waals surface area contributed by atoms with Crippen LogP contribution in [0.2, 0.25) is 10.0 Å². The number of piperazine rings is 1. The molecule has 1 atom stereocenters. The van der Waals surface area contributed by atoms with E-state index in [-0.39, 0.29) is 25.1 Å². The first-order valence-corrected chi connectivity index (χ1v) is 14.3. The van der Waals surface area contributed by atoms with Gasteiger partial charge in [-0.25, -0.2) is 9.80 Å². The van der Waals surface area contributed by atoms with Crippen molar-refractivity contribution in [1.29, 1.82) is 5.26 Å². The quantitative estimate of drug-likeness (QED) is 0.291. The molecule has 220 valence electrons. The third kappa shape index (κ3) is 6.72. The standard InChI is InChI=1S/C29H31Cl2N7O4/c1-29(2,3)42-28(40)35-12-13-37(25(39)17-35)24-16-38(34-26(24)19-4-6-20(30)7-5-19)27(33-18-32)36-14-23(15-36)41-22-10-8-21(31)9-11-22/h4-11,23-24H,12-17H2,1-3H3. The number of rotatable bonds is 4. The number of nitriles is 1. The van der Waals surface area contributed by atoms with Gasteiger partial charge in [-0.3, -0.25) is 9.69 Å². The van der Waals surface area contributed by atoms with Crippen LogP contribution in [-0.2, 0) is 9.53 Å². The highest BCUT2D eigenvalue weighted by Gasteiger charge is 2.43. The van der Waals surface area contributed by atoms with E-state index in [1.54, 1.807) is 54.9 Å². The molecule has 2 amide bonds. The first-order valence-electron chi connectivity index (χ1n) is 13.5. The number of hydrogen-bond donors (Lipinski definition) is 0. The number of carbonyl (C=O) groups excluding carboxylic acids is 2. The van der Waals surface area contributed by atoms with E-state index in [0.717, 1.165) is 5.56 Å². The average molecular weight is 613 g/mol. The first kappa shape index (κ1) is 29.5. The Kier molecular flexibility index (Phi) is 8.48. The van der Waals surface area contributed by atoms with Gasteiger partial charge >= 0.3 is 6.09 Å². The Bertz CT molecular complexity index is 1430. The Labute approximate surface area is 254 Å². The zero-order chi connectivity index (χ0) is 30.0. The summed E-state index contributed by atoms with van der Waals surface area (Å²) in [6, 6.07) is 13.9. The van der Waals surface area contributed by atoms with Gasteiger partial charge in [0, 0.05) is 28.7 Å². The molecule has 2 aromatic rings. The minimum absolute atomic E-state index is 0.101. The number of hydrazone groups is 1. The van der Waals surface area contributed by atoms with Crippen LogP contribution in [0.4, 0.5) is 4.79 Å². The molecular weight excluding hydrogens is 581 g/mol. The zero-order valence-electron chi connectivity index (χ0n) is 23.5. The molecule has 1 unspecified atom stereocenters. The van der Waals surface area contributed by atoms with Crippen LogP contribution in [0.15, 0.2) is 58.6 Å². The minimum atomic E-state index is -0.663. The molecule has 3 aliphatic rings. The van der Waals surface area contributed by atoms with Crippen LogP contribution in [-0.4, -0.2) is 100 Å². The van der Waals surface area contributed by atoms with Crippen molar-refractivity contribution in [2.45, 2.75) is 38.5 Å². The van der Waals surface area contributed by atoms with Crippen molar-refractivity contribution in [3.63, 3.8) is 0 Å². The van der Waals surface area contributed by atoms with E-state index in [4.69, 9.17) is 37.8 Å². The van der Waals surface area contributed by atoms with E-state index in [9.17, 15) is 14.9 Å². The number of carbonyl (C=O) groups is 2. The Hall–Kier alpha value is -4.01. The summed E-state index contributed by atoms with van der Waals surface area (Å²) in [5.41, 5.74) is 0.771. The molecule has 0 aromatic heterocycles. The fourth-order valence-corrected chi connectivity index (χ4v) is 5.20. The van der Waals surface area contributed by atoms with E-state index < -0.39 is 17.7 Å². The Morgan fingerprint density at radius 2 is 1.64 bits per heavy atom. The number of guanidine groups is 1. The van der Waals surface area contributed by atoms with Crippen molar-refractivity contribution < 1.29 is 19.1 Å². The van der Waals surface area contributed by atoms with Gasteiger partial charge in [0.2, 0.25) is 18.1 Å². The molecule has 3 aliphatic heterocycles. The molecule has 0 bridgehead atoms. The summed E-state index contributed by atoms with van der Waals surface area (Å²) < 4.78 is 11.5. The van der Waals surface area contributed by atoms with Crippen LogP contribution >= 0.6 is 23.2 Å². The monoisotopic (exact) mass is 611 g/mol. The third-order valence-electron chi connectivity index (χ3n) is 6.94. The number of amides is 2. The van der Waals surface area contributed by atoms with Crippen LogP contribution in [0, 0.1) is 11.5 Å². The fourth-order valence-electron chi connectivity index (χ4n) is 4.95. The largest absolute Gasteiger partial charge is 0.487 e. The summed E-state index contributed by atoms with van der Waals surface area (Å²) in [6.07, 6.45) is 1.27. The second-order valence-corrected chi connectivity index (χ2v) is 12.1. The van der Waals surface area contributed by atoms with Crippen LogP contribution in [0.25, 0.3) is 0 Å². The molecule has 0 N–H and O–H groups in total. The van der Waals surface area contributed by atoms with Gasteiger partial charge in [-0.15, -0.1) is 4.99 Å². The lowest BCUT2D eigenvalue weighted by Gasteiger charge is -2.42. The lowest BCUT2D eigenvalue weighted by molar-refractivity contribution is -0.137. The van der Waals surface area contributed by atoms with Gasteiger partial charge in [-0.05, 0) is 57.2 Å². The summed E-state index contributed by atoms with van der Waals surface area (Å²) in [6.45, 7) is 7.17. The van der Waals surface area contributed by atoms with Crippen LogP contribution < -0.4 is 4.74 Å². The molecule has 3 heterocycles. The van der Waals surface area contributed by atoms with Gasteiger partial charge in [0.15, 0.2) is 0 Å². The van der Waals surface area contributed by atoms with Crippen molar-refractivity contribution in [3.8, 4) is 11.9 Å². The molecule has 2 aromatic carbocycles. The second-order valence-electron chi connectivity index (χ2n) is 11.2. The molecule has 42 heavy (non-hydrogen) atoms. The summed E-state index contributed by atoms with van der Waals surface area (Å²) >= 11 is 12.1. The summed E-state index contributed by atoms with van der Waals surface area (Å²) in [7, 11) is 0. The lowest BCUT2D eigenvalue weighted by atomic mass is 10.0. The first-order chi connectivity index (χ1) is 20.0. The van der Waals surface area contributed by atoms with Crippen LogP contribution in [0.1, 0.15) is 26.3 Å². The van der Waals surface area contributed by atoms with Crippen molar-refractivity contribution in [3.05, 3.63) is 64.1 Å². The zero-order valence-corrected chi connectivity index (χ0v) is 25.0. The average Bonchev–Trinajstić information content (AvgIpc) is 3.35. The predicted molar refractivity (Wildman–Crippen MR) is 158 cm³/mol. The summed E-state index contributed by atoms with van der Waals surface area (Å²) in [5, 5.41) is 17.2. The van der Waals surface area contributed by atoms with Gasteiger partial charge in [-0.2, -0.15) is 10.4 Å². The Morgan fingerprint density at radius 1 is 1.00 bits per heavy atom. The highest BCUT2D eigenvalue weighted by molar-refractivity contribution is 6.31. The van der Waals surface area contributed by atoms with Crippen molar-refractivity contribution in [1.82, 2.24) is 19.7 Å². The maximum absolute atomic E-state index is 13.4. The predicted octanol–water partition coefficient (Wildman–Crippen LogP) is 4.06. The Balaban J connectivity index is 1.32. The van der Waals surface area contributed by atoms with Gasteiger partial charge in [0.1, 0.15) is 24.0 Å². The van der Waals surface area contributed by atoms with E-state index in [1.165, 1.54) is 4.90 Å². The number of benzene rings is 2. The van der Waals surface area contributed by atoms with Crippen LogP contribution in [0.5, 0.6) is 5.75 Å². The second kappa shape index (κ2) is 12.1. The number of nitrogens with zero attached hydrogens (tertiary/aromatic N) is 7. The van der Waals surface area contributed by atoms with Gasteiger partial charge in [-0.1, -0.05) is 35.3 Å². The third-order valence-corrected chi connectivity index (χ3v) is 7.45. The molecule has 0 radical (unpaired) electrons. The molecule has 5 rings (SSSR count). The topological polar surface area (TPSA) is 114 Å². The van der Waals surface area contributed by atoms with Gasteiger partial charge in [0.05, 0.1) is 31.4 Å². The summed E-state index contributed by atoms with van der Waals surface area (Å²) in [5.74, 6) is 0.859. The SMILES string of the molecule is CC(C)(C)OC(=O)N1CCN(C2CN(C(=NC#N)N3CC(Oc4ccc(Cl)cc4)C3)N=C2c2ccc(Cl)cc2)C(=O)C1. The lowest BCUT2D eigenvalue weighted by Crippen LogP contribution is -2.61. The normalized spacial score (nSPS) is 19.8. The molecule has 0 aliphatic carbocycles. The van der Waals surface area contributed by atoms with E-state index in [2.05, 4.69) is 4.99 Å². The van der Waals surface area contributed by atoms with Crippen molar-refractivity contribution >= 4 is 46.9 Å². The van der Waals surface area contributed by atoms with E-state index in [1.807, 2.05) is 35.4 Å². The summed E-state index contributed by atoms with van der Waals surface area (Å²) in [4.78, 5) is 35.2. The highest BCUT2D eigenvalue weighted by Crippen LogP contribution is 2.26. The maximum atomic E-state index is 13.4. The molecule has 0 spiro atoms. The van der Waals surface area contributed by atoms with Gasteiger partial charge in [0.25, 0.3) is 0 Å². The minimum Gasteiger partial charge on any atom is -0.487 e. The maximum Gasteiger partial charge on any atom is 0.410 e. The fraction of sp³-hybridized carbons (Fsp3) is 0.414. The molecule has 0 saturated carbocycles. The highest BCUT2D eigenvalue weighted by atomic mass is 35.5. The molecule has 2 saturated heterocycles.